The van der Waals surface area contributed by atoms with Crippen molar-refractivity contribution in [1.29, 1.82) is 0 Å². The van der Waals surface area contributed by atoms with Crippen molar-refractivity contribution in [2.24, 2.45) is 7.05 Å². The van der Waals surface area contributed by atoms with Crippen LogP contribution in [0.4, 0.5) is 4.79 Å². The second-order valence-corrected chi connectivity index (χ2v) is 4.54. The molecule has 0 amide bonds. The van der Waals surface area contributed by atoms with Crippen LogP contribution < -0.4 is 9.67 Å². The molecule has 0 atom stereocenters. The van der Waals surface area contributed by atoms with Crippen LogP contribution in [0.3, 0.4) is 0 Å². The minimum absolute atomic E-state index is 1.04. The molecule has 0 fully saturated rings. The normalized spacial score (nSPS) is 9.63. The van der Waals surface area contributed by atoms with Gasteiger partial charge in [0.2, 0.25) is 6.33 Å². The fourth-order valence-electron chi connectivity index (χ4n) is 1.71. The predicted molar refractivity (Wildman–Crippen MR) is 71.4 cm³/mol. The van der Waals surface area contributed by atoms with Gasteiger partial charge in [0.15, 0.2) is 0 Å². The lowest BCUT2D eigenvalue weighted by atomic mass is 10.1. The Kier molecular flexibility index (Phi) is 10.6. The van der Waals surface area contributed by atoms with Gasteiger partial charge >= 0.3 is 0 Å². The Morgan fingerprint density at radius 1 is 1.26 bits per heavy atom. The quantitative estimate of drug-likeness (QED) is 0.430. The molecular formula is C14H26N2O3. The zero-order valence-corrected chi connectivity index (χ0v) is 12.3. The van der Waals surface area contributed by atoms with E-state index in [0.717, 1.165) is 7.11 Å². The average Bonchev–Trinajstić information content (AvgIpc) is 2.80. The Morgan fingerprint density at radius 3 is 2.32 bits per heavy atom. The highest BCUT2D eigenvalue weighted by molar-refractivity contribution is 5.53. The summed E-state index contributed by atoms with van der Waals surface area (Å²) in [5.41, 5.74) is 0. The molecule has 110 valence electrons. The Balaban J connectivity index is 0.000000555. The number of ether oxygens (including phenoxy) is 1. The van der Waals surface area contributed by atoms with E-state index in [4.69, 9.17) is 9.90 Å². The summed E-state index contributed by atoms with van der Waals surface area (Å²) < 4.78 is 7.91. The van der Waals surface area contributed by atoms with Gasteiger partial charge in [-0.1, -0.05) is 32.6 Å². The molecule has 0 aliphatic carbocycles. The van der Waals surface area contributed by atoms with Gasteiger partial charge in [-0.3, -0.25) is 0 Å². The van der Waals surface area contributed by atoms with Gasteiger partial charge in [-0.15, -0.1) is 0 Å². The number of aryl methyl sites for hydroxylation is 2. The van der Waals surface area contributed by atoms with E-state index in [0.29, 0.717) is 0 Å². The van der Waals surface area contributed by atoms with Crippen LogP contribution in [0.15, 0.2) is 18.7 Å². The van der Waals surface area contributed by atoms with Crippen molar-refractivity contribution in [3.8, 4) is 0 Å². The summed E-state index contributed by atoms with van der Waals surface area (Å²) in [6, 6.07) is 0. The Hall–Kier alpha value is -1.52. The van der Waals surface area contributed by atoms with Crippen molar-refractivity contribution in [3.63, 3.8) is 0 Å². The molecule has 1 heterocycles. The van der Waals surface area contributed by atoms with Gasteiger partial charge in [0.05, 0.1) is 13.6 Å². The highest BCUT2D eigenvalue weighted by atomic mass is 16.6. The van der Waals surface area contributed by atoms with E-state index in [1.165, 1.54) is 45.1 Å². The standard InChI is InChI=1S/C12H23N2.C2H4O3/c1-3-4-5-6-7-8-9-14-11-10-13(2)12-14;1-5-2(3)4/h10-12H,3-9H2,1-2H3;1H3,(H,3,4)/q+1;/p-1. The zero-order valence-electron chi connectivity index (χ0n) is 12.3. The maximum Gasteiger partial charge on any atom is 0.251 e. The van der Waals surface area contributed by atoms with Crippen LogP contribution >= 0.6 is 0 Å². The van der Waals surface area contributed by atoms with Crippen molar-refractivity contribution in [1.82, 2.24) is 4.57 Å². The summed E-state index contributed by atoms with van der Waals surface area (Å²) in [5.74, 6) is 0. The Bertz CT molecular complexity index is 337. The van der Waals surface area contributed by atoms with Crippen LogP contribution in [-0.4, -0.2) is 17.8 Å². The van der Waals surface area contributed by atoms with Crippen molar-refractivity contribution in [2.75, 3.05) is 7.11 Å². The molecule has 0 spiro atoms. The van der Waals surface area contributed by atoms with Gasteiger partial charge in [0, 0.05) is 7.11 Å². The molecule has 5 nitrogen and oxygen atoms in total. The number of carbonyl (C=O) groups excluding carboxylic acids is 1. The summed E-state index contributed by atoms with van der Waals surface area (Å²) in [5, 5.41) is 9.03. The summed E-state index contributed by atoms with van der Waals surface area (Å²) in [7, 11) is 3.10. The maximum absolute atomic E-state index is 9.03. The summed E-state index contributed by atoms with van der Waals surface area (Å²) in [6.45, 7) is 3.44. The Morgan fingerprint density at radius 2 is 1.84 bits per heavy atom. The number of hydrogen-bond donors (Lipinski definition) is 0. The van der Waals surface area contributed by atoms with E-state index >= 15 is 0 Å². The van der Waals surface area contributed by atoms with E-state index in [1.54, 1.807) is 0 Å². The lowest BCUT2D eigenvalue weighted by Crippen LogP contribution is -2.23. The number of aromatic nitrogens is 2. The third-order valence-corrected chi connectivity index (χ3v) is 2.76. The van der Waals surface area contributed by atoms with Crippen LogP contribution in [0.5, 0.6) is 0 Å². The van der Waals surface area contributed by atoms with Crippen LogP contribution in [0.2, 0.25) is 0 Å². The zero-order chi connectivity index (χ0) is 14.5. The molecule has 0 radical (unpaired) electrons. The number of imidazole rings is 1. The van der Waals surface area contributed by atoms with Gasteiger partial charge in [0.1, 0.15) is 12.4 Å². The van der Waals surface area contributed by atoms with Gasteiger partial charge in [-0.25, -0.2) is 9.13 Å². The second kappa shape index (κ2) is 11.6. The van der Waals surface area contributed by atoms with Crippen LogP contribution in [0.1, 0.15) is 45.4 Å². The molecule has 0 aliphatic rings. The average molecular weight is 270 g/mol. The van der Waals surface area contributed by atoms with Gasteiger partial charge in [0.25, 0.3) is 6.16 Å². The predicted octanol–water partition coefficient (Wildman–Crippen LogP) is 1.65. The first-order valence-corrected chi connectivity index (χ1v) is 6.86. The first-order chi connectivity index (χ1) is 9.10. The fourth-order valence-corrected chi connectivity index (χ4v) is 1.71. The molecule has 19 heavy (non-hydrogen) atoms. The lowest BCUT2D eigenvalue weighted by molar-refractivity contribution is -0.671. The number of hydrogen-bond acceptors (Lipinski definition) is 3. The van der Waals surface area contributed by atoms with Crippen molar-refractivity contribution in [2.45, 2.75) is 52.0 Å². The molecule has 1 aromatic rings. The number of carbonyl (C=O) groups is 1. The summed E-state index contributed by atoms with van der Waals surface area (Å²) >= 11 is 0. The third-order valence-electron chi connectivity index (χ3n) is 2.76. The molecule has 0 saturated heterocycles. The fraction of sp³-hybridized carbons (Fsp3) is 0.714. The van der Waals surface area contributed by atoms with E-state index in [-0.39, 0.29) is 0 Å². The second-order valence-electron chi connectivity index (χ2n) is 4.54. The van der Waals surface area contributed by atoms with Crippen LogP contribution in [0.25, 0.3) is 0 Å². The molecule has 0 aromatic carbocycles. The lowest BCUT2D eigenvalue weighted by Gasteiger charge is -1.98. The van der Waals surface area contributed by atoms with E-state index < -0.39 is 6.16 Å². The van der Waals surface area contributed by atoms with Crippen molar-refractivity contribution < 1.29 is 19.2 Å². The van der Waals surface area contributed by atoms with Crippen molar-refractivity contribution in [3.05, 3.63) is 18.7 Å². The third kappa shape index (κ3) is 11.3. The highest BCUT2D eigenvalue weighted by Gasteiger charge is 1.98. The Labute approximate surface area is 115 Å². The minimum atomic E-state index is -1.50. The van der Waals surface area contributed by atoms with Gasteiger partial charge < -0.3 is 14.6 Å². The van der Waals surface area contributed by atoms with Gasteiger partial charge in [-0.2, -0.15) is 0 Å². The summed E-state index contributed by atoms with van der Waals surface area (Å²) in [4.78, 5) is 9.03. The smallest absolute Gasteiger partial charge is 0.251 e. The molecule has 0 N–H and O–H groups in total. The van der Waals surface area contributed by atoms with Gasteiger partial charge in [-0.05, 0) is 12.8 Å². The van der Waals surface area contributed by atoms with Crippen LogP contribution in [-0.2, 0) is 18.3 Å². The molecule has 0 unspecified atom stereocenters. The van der Waals surface area contributed by atoms with E-state index in [1.807, 2.05) is 0 Å². The molecule has 0 saturated carbocycles. The number of methoxy groups -OCH3 is 1. The largest absolute Gasteiger partial charge is 0.553 e. The topological polar surface area (TPSA) is 58.2 Å². The molecule has 1 rings (SSSR count). The number of unbranched alkanes of at least 4 members (excludes halogenated alkanes) is 5. The highest BCUT2D eigenvalue weighted by Crippen LogP contribution is 2.05. The monoisotopic (exact) mass is 270 g/mol. The number of carboxylic acid groups (broad SMARTS) is 1. The SMILES string of the molecule is CCCCCCCCn1cc[n+](C)c1.COC(=O)[O-]. The van der Waals surface area contributed by atoms with E-state index in [9.17, 15) is 0 Å². The molecule has 0 bridgehead atoms. The van der Waals surface area contributed by atoms with Crippen molar-refractivity contribution >= 4 is 6.16 Å². The maximum atomic E-state index is 9.03. The van der Waals surface area contributed by atoms with Crippen LogP contribution in [0, 0.1) is 0 Å². The number of nitrogens with zero attached hydrogens (tertiary/aromatic N) is 2. The van der Waals surface area contributed by atoms with E-state index in [2.05, 4.69) is 46.6 Å². The molecular weight excluding hydrogens is 244 g/mol. The molecule has 1 aromatic heterocycles. The molecule has 0 aliphatic heterocycles. The first-order valence-electron chi connectivity index (χ1n) is 6.86. The first kappa shape index (κ1) is 17.5. The molecule has 5 heteroatoms. The minimum Gasteiger partial charge on any atom is -0.553 e. The number of rotatable bonds is 7. The summed E-state index contributed by atoms with van der Waals surface area (Å²) in [6.07, 6.45) is 13.1.